The Kier molecular flexibility index (Phi) is 6.02. The van der Waals surface area contributed by atoms with E-state index in [0.29, 0.717) is 12.6 Å². The number of hydrogen-bond donors (Lipinski definition) is 1. The lowest BCUT2D eigenvalue weighted by molar-refractivity contribution is -0.151. The van der Waals surface area contributed by atoms with Gasteiger partial charge in [-0.05, 0) is 59.0 Å². The van der Waals surface area contributed by atoms with Gasteiger partial charge in [0.25, 0.3) is 0 Å². The summed E-state index contributed by atoms with van der Waals surface area (Å²) in [4.78, 5) is 14.5. The zero-order valence-corrected chi connectivity index (χ0v) is 13.7. The molecule has 122 valence electrons. The van der Waals surface area contributed by atoms with Crippen LogP contribution in [-0.4, -0.2) is 62.9 Å². The van der Waals surface area contributed by atoms with Crippen molar-refractivity contribution in [3.05, 3.63) is 0 Å². The first kappa shape index (κ1) is 16.7. The van der Waals surface area contributed by atoms with Crippen LogP contribution in [0.5, 0.6) is 0 Å². The topological polar surface area (TPSA) is 50.8 Å². The van der Waals surface area contributed by atoms with Gasteiger partial charge >= 0.3 is 5.97 Å². The molecule has 21 heavy (non-hydrogen) atoms. The van der Waals surface area contributed by atoms with E-state index in [1.165, 1.54) is 12.8 Å². The number of carbonyl (C=O) groups excluding carboxylic acids is 1. The maximum Gasteiger partial charge on any atom is 0.326 e. The van der Waals surface area contributed by atoms with Crippen molar-refractivity contribution < 1.29 is 14.3 Å². The highest BCUT2D eigenvalue weighted by atomic mass is 16.5. The molecule has 2 atom stereocenters. The molecule has 0 aromatic carbocycles. The van der Waals surface area contributed by atoms with Gasteiger partial charge in [0.2, 0.25) is 0 Å². The van der Waals surface area contributed by atoms with Gasteiger partial charge in [-0.15, -0.1) is 0 Å². The molecule has 0 aromatic heterocycles. The quantitative estimate of drug-likeness (QED) is 0.515. The Bertz CT molecular complexity index is 346. The lowest BCUT2D eigenvalue weighted by atomic mass is 9.97. The molecular formula is C16H30N2O3. The van der Waals surface area contributed by atoms with E-state index in [9.17, 15) is 4.79 Å². The van der Waals surface area contributed by atoms with E-state index >= 15 is 0 Å². The molecule has 0 aromatic rings. The van der Waals surface area contributed by atoms with E-state index in [4.69, 9.17) is 9.47 Å². The Labute approximate surface area is 128 Å². The van der Waals surface area contributed by atoms with Crippen LogP contribution < -0.4 is 5.32 Å². The second-order valence-corrected chi connectivity index (χ2v) is 6.45. The van der Waals surface area contributed by atoms with Gasteiger partial charge in [-0.1, -0.05) is 0 Å². The molecule has 2 rings (SSSR count). The second kappa shape index (κ2) is 7.56. The van der Waals surface area contributed by atoms with Crippen LogP contribution >= 0.6 is 0 Å². The van der Waals surface area contributed by atoms with Crippen molar-refractivity contribution in [3.63, 3.8) is 0 Å². The van der Waals surface area contributed by atoms with Crippen LogP contribution in [0.3, 0.4) is 0 Å². The number of esters is 1. The van der Waals surface area contributed by atoms with Crippen molar-refractivity contribution in [2.75, 3.05) is 40.5 Å². The minimum absolute atomic E-state index is 0.103. The molecule has 0 amide bonds. The SMILES string of the molecule is CCOC(=O)C1(NC)CCC(N(C)CCOCC2CC2)C1. The van der Waals surface area contributed by atoms with Gasteiger partial charge in [0.1, 0.15) is 5.54 Å². The highest BCUT2D eigenvalue weighted by molar-refractivity contribution is 5.81. The summed E-state index contributed by atoms with van der Waals surface area (Å²) in [6.45, 7) is 4.94. The summed E-state index contributed by atoms with van der Waals surface area (Å²) in [5, 5.41) is 3.20. The third kappa shape index (κ3) is 4.41. The number of carbonyl (C=O) groups is 1. The molecular weight excluding hydrogens is 268 g/mol. The summed E-state index contributed by atoms with van der Waals surface area (Å²) in [6.07, 6.45) is 5.37. The molecule has 5 nitrogen and oxygen atoms in total. The molecule has 2 unspecified atom stereocenters. The molecule has 2 fully saturated rings. The zero-order chi connectivity index (χ0) is 15.3. The molecule has 5 heteroatoms. The number of likely N-dealkylation sites (N-methyl/N-ethyl adjacent to an activating group) is 2. The van der Waals surface area contributed by atoms with Crippen LogP contribution in [0.1, 0.15) is 39.0 Å². The Balaban J connectivity index is 1.74. The first-order valence-electron chi connectivity index (χ1n) is 8.25. The zero-order valence-electron chi connectivity index (χ0n) is 13.7. The fourth-order valence-electron chi connectivity index (χ4n) is 3.10. The van der Waals surface area contributed by atoms with Crippen molar-refractivity contribution in [1.29, 1.82) is 0 Å². The monoisotopic (exact) mass is 298 g/mol. The maximum absolute atomic E-state index is 12.2. The van der Waals surface area contributed by atoms with Crippen LogP contribution in [-0.2, 0) is 14.3 Å². The van der Waals surface area contributed by atoms with Crippen LogP contribution in [0.2, 0.25) is 0 Å². The average Bonchev–Trinajstić information content (AvgIpc) is 3.20. The van der Waals surface area contributed by atoms with Crippen molar-refractivity contribution >= 4 is 5.97 Å². The molecule has 2 aliphatic carbocycles. The molecule has 0 spiro atoms. The number of ether oxygens (including phenoxy) is 2. The fourth-order valence-corrected chi connectivity index (χ4v) is 3.10. The van der Waals surface area contributed by atoms with E-state index in [-0.39, 0.29) is 5.97 Å². The van der Waals surface area contributed by atoms with E-state index < -0.39 is 5.54 Å². The third-order valence-corrected chi connectivity index (χ3v) is 4.90. The number of hydrogen-bond acceptors (Lipinski definition) is 5. The molecule has 0 heterocycles. The minimum Gasteiger partial charge on any atom is -0.465 e. The first-order chi connectivity index (χ1) is 10.1. The molecule has 0 aliphatic heterocycles. The van der Waals surface area contributed by atoms with Gasteiger partial charge in [0, 0.05) is 19.2 Å². The van der Waals surface area contributed by atoms with Crippen molar-refractivity contribution in [2.24, 2.45) is 5.92 Å². The van der Waals surface area contributed by atoms with Crippen LogP contribution in [0.4, 0.5) is 0 Å². The summed E-state index contributed by atoms with van der Waals surface area (Å²) >= 11 is 0. The highest BCUT2D eigenvalue weighted by Crippen LogP contribution is 2.33. The van der Waals surface area contributed by atoms with E-state index in [1.807, 2.05) is 14.0 Å². The summed E-state index contributed by atoms with van der Waals surface area (Å²) in [5.74, 6) is 0.718. The average molecular weight is 298 g/mol. The Morgan fingerprint density at radius 2 is 2.14 bits per heavy atom. The molecule has 0 radical (unpaired) electrons. The van der Waals surface area contributed by atoms with Gasteiger partial charge < -0.3 is 19.7 Å². The standard InChI is InChI=1S/C16H30N2O3/c1-4-21-15(19)16(17-2)8-7-14(11-16)18(3)9-10-20-12-13-5-6-13/h13-14,17H,4-12H2,1-3H3. The van der Waals surface area contributed by atoms with E-state index in [1.54, 1.807) is 0 Å². The summed E-state index contributed by atoms with van der Waals surface area (Å²) in [6, 6.07) is 0.423. The Hall–Kier alpha value is -0.650. The van der Waals surface area contributed by atoms with Crippen molar-refractivity contribution in [2.45, 2.75) is 50.6 Å². The van der Waals surface area contributed by atoms with Crippen molar-refractivity contribution in [1.82, 2.24) is 10.2 Å². The molecule has 0 saturated heterocycles. The number of nitrogens with one attached hydrogen (secondary N) is 1. The second-order valence-electron chi connectivity index (χ2n) is 6.45. The van der Waals surface area contributed by atoms with Gasteiger partial charge in [0.05, 0.1) is 13.2 Å². The minimum atomic E-state index is -0.496. The van der Waals surface area contributed by atoms with E-state index in [2.05, 4.69) is 17.3 Å². The fraction of sp³-hybridized carbons (Fsp3) is 0.938. The normalized spacial score (nSPS) is 29.0. The van der Waals surface area contributed by atoms with E-state index in [0.717, 1.165) is 44.9 Å². The molecule has 1 N–H and O–H groups in total. The molecule has 0 bridgehead atoms. The number of rotatable bonds is 9. The van der Waals surface area contributed by atoms with Crippen molar-refractivity contribution in [3.8, 4) is 0 Å². The Morgan fingerprint density at radius 3 is 2.76 bits per heavy atom. The Morgan fingerprint density at radius 1 is 1.38 bits per heavy atom. The number of nitrogens with zero attached hydrogens (tertiary/aromatic N) is 1. The highest BCUT2D eigenvalue weighted by Gasteiger charge is 2.46. The largest absolute Gasteiger partial charge is 0.465 e. The third-order valence-electron chi connectivity index (χ3n) is 4.90. The summed E-state index contributed by atoms with van der Waals surface area (Å²) in [7, 11) is 3.99. The molecule has 2 saturated carbocycles. The predicted molar refractivity (Wildman–Crippen MR) is 82.2 cm³/mol. The molecule has 2 aliphatic rings. The van der Waals surface area contributed by atoms with Gasteiger partial charge in [0.15, 0.2) is 0 Å². The summed E-state index contributed by atoms with van der Waals surface area (Å²) in [5.41, 5.74) is -0.496. The predicted octanol–water partition coefficient (Wildman–Crippen LogP) is 1.42. The van der Waals surface area contributed by atoms with Crippen LogP contribution in [0.25, 0.3) is 0 Å². The lowest BCUT2D eigenvalue weighted by Gasteiger charge is -2.29. The maximum atomic E-state index is 12.2. The van der Waals surface area contributed by atoms with Gasteiger partial charge in [-0.3, -0.25) is 4.79 Å². The first-order valence-corrected chi connectivity index (χ1v) is 8.25. The smallest absolute Gasteiger partial charge is 0.326 e. The van der Waals surface area contributed by atoms with Crippen LogP contribution in [0.15, 0.2) is 0 Å². The van der Waals surface area contributed by atoms with Gasteiger partial charge in [-0.25, -0.2) is 0 Å². The lowest BCUT2D eigenvalue weighted by Crippen LogP contribution is -2.50. The summed E-state index contributed by atoms with van der Waals surface area (Å²) < 4.78 is 10.9. The van der Waals surface area contributed by atoms with Gasteiger partial charge in [-0.2, -0.15) is 0 Å². The van der Waals surface area contributed by atoms with Crippen LogP contribution in [0, 0.1) is 5.92 Å².